The number of halogens is 1. The number of hydrogen-bond acceptors (Lipinski definition) is 3. The van der Waals surface area contributed by atoms with E-state index in [-0.39, 0.29) is 5.41 Å². The van der Waals surface area contributed by atoms with Gasteiger partial charge >= 0.3 is 0 Å². The molecule has 4 rings (SSSR count). The van der Waals surface area contributed by atoms with Gasteiger partial charge in [-0.15, -0.1) is 10.2 Å². The highest BCUT2D eigenvalue weighted by atomic mass is 35.5. The molecule has 2 aromatic heterocycles. The van der Waals surface area contributed by atoms with Crippen molar-refractivity contribution in [3.8, 4) is 0 Å². The van der Waals surface area contributed by atoms with Gasteiger partial charge in [0.1, 0.15) is 5.82 Å². The first-order valence-electron chi connectivity index (χ1n) is 7.53. The summed E-state index contributed by atoms with van der Waals surface area (Å²) in [6, 6.07) is 7.93. The van der Waals surface area contributed by atoms with E-state index < -0.39 is 0 Å². The third-order valence-corrected chi connectivity index (χ3v) is 4.66. The molecule has 3 aromatic rings. The number of aromatic nitrogens is 4. The SMILES string of the molecule is CC(C)(c1cccc(Cl)c1)c1nnc2c(C3CC3)nccn12. The molecule has 4 nitrogen and oxygen atoms in total. The van der Waals surface area contributed by atoms with Crippen LogP contribution in [0, 0.1) is 0 Å². The summed E-state index contributed by atoms with van der Waals surface area (Å²) in [5.74, 6) is 1.46. The second-order valence-corrected chi connectivity index (χ2v) is 6.88. The predicted octanol–water partition coefficient (Wildman–Crippen LogP) is 3.98. The summed E-state index contributed by atoms with van der Waals surface area (Å²) in [4.78, 5) is 4.51. The van der Waals surface area contributed by atoms with Crippen molar-refractivity contribution in [1.82, 2.24) is 19.6 Å². The zero-order chi connectivity index (χ0) is 15.3. The number of rotatable bonds is 3. The highest BCUT2D eigenvalue weighted by molar-refractivity contribution is 6.30. The van der Waals surface area contributed by atoms with E-state index >= 15 is 0 Å². The normalized spacial score (nSPS) is 15.4. The number of hydrogen-bond donors (Lipinski definition) is 0. The zero-order valence-electron chi connectivity index (χ0n) is 12.6. The van der Waals surface area contributed by atoms with Crippen LogP contribution in [-0.4, -0.2) is 19.6 Å². The summed E-state index contributed by atoms with van der Waals surface area (Å²) in [6.07, 6.45) is 6.20. The maximum atomic E-state index is 6.15. The molecule has 0 saturated heterocycles. The van der Waals surface area contributed by atoms with Gasteiger partial charge in [0, 0.05) is 23.3 Å². The number of nitrogens with zero attached hydrogens (tertiary/aromatic N) is 4. The van der Waals surface area contributed by atoms with Crippen molar-refractivity contribution in [3.05, 3.63) is 58.8 Å². The molecule has 0 amide bonds. The minimum atomic E-state index is -0.285. The largest absolute Gasteiger partial charge is 0.283 e. The second-order valence-electron chi connectivity index (χ2n) is 6.44. The Bertz CT molecular complexity index is 849. The lowest BCUT2D eigenvalue weighted by Gasteiger charge is -2.23. The van der Waals surface area contributed by atoms with Crippen molar-refractivity contribution in [2.45, 2.75) is 38.0 Å². The molecule has 1 aliphatic rings. The molecule has 22 heavy (non-hydrogen) atoms. The first kappa shape index (κ1) is 13.7. The van der Waals surface area contributed by atoms with Crippen LogP contribution < -0.4 is 0 Å². The van der Waals surface area contributed by atoms with Crippen LogP contribution in [0.3, 0.4) is 0 Å². The summed E-state index contributed by atoms with van der Waals surface area (Å²) < 4.78 is 2.07. The zero-order valence-corrected chi connectivity index (χ0v) is 13.4. The summed E-state index contributed by atoms with van der Waals surface area (Å²) in [5, 5.41) is 9.62. The maximum absolute atomic E-state index is 6.15. The first-order valence-corrected chi connectivity index (χ1v) is 7.91. The third-order valence-electron chi connectivity index (χ3n) is 4.42. The highest BCUT2D eigenvalue weighted by Gasteiger charge is 2.32. The Balaban J connectivity index is 1.88. The van der Waals surface area contributed by atoms with Crippen LogP contribution in [0.1, 0.15) is 49.7 Å². The van der Waals surface area contributed by atoms with Gasteiger partial charge < -0.3 is 0 Å². The molecule has 1 fully saturated rings. The van der Waals surface area contributed by atoms with Gasteiger partial charge in [0.15, 0.2) is 5.65 Å². The van der Waals surface area contributed by atoms with Gasteiger partial charge in [-0.25, -0.2) is 0 Å². The Labute approximate surface area is 134 Å². The smallest absolute Gasteiger partial charge is 0.182 e. The summed E-state index contributed by atoms with van der Waals surface area (Å²) >= 11 is 6.15. The Kier molecular flexibility index (Phi) is 2.98. The fourth-order valence-electron chi connectivity index (χ4n) is 2.92. The molecule has 0 aliphatic heterocycles. The van der Waals surface area contributed by atoms with Gasteiger partial charge in [0.2, 0.25) is 0 Å². The molecule has 0 spiro atoms. The molecular weight excluding hydrogens is 296 g/mol. The van der Waals surface area contributed by atoms with Gasteiger partial charge in [-0.1, -0.05) is 23.7 Å². The standard InChI is InChI=1S/C17H17ClN4/c1-17(2,12-4-3-5-13(18)10-12)16-21-20-15-14(11-6-7-11)19-8-9-22(15)16/h3-5,8-11H,6-7H2,1-2H3. The second kappa shape index (κ2) is 4.78. The van der Waals surface area contributed by atoms with E-state index in [1.54, 1.807) is 0 Å². The maximum Gasteiger partial charge on any atom is 0.182 e. The third kappa shape index (κ3) is 2.10. The van der Waals surface area contributed by atoms with Crippen molar-refractivity contribution in [2.24, 2.45) is 0 Å². The lowest BCUT2D eigenvalue weighted by molar-refractivity contribution is 0.582. The Morgan fingerprint density at radius 1 is 1.23 bits per heavy atom. The molecule has 0 atom stereocenters. The van der Waals surface area contributed by atoms with Gasteiger partial charge in [0.05, 0.1) is 11.1 Å². The van der Waals surface area contributed by atoms with Crippen LogP contribution >= 0.6 is 11.6 Å². The summed E-state index contributed by atoms with van der Waals surface area (Å²) in [7, 11) is 0. The molecule has 1 aliphatic carbocycles. The quantitative estimate of drug-likeness (QED) is 0.734. The Hall–Kier alpha value is -1.94. The fraction of sp³-hybridized carbons (Fsp3) is 0.353. The van der Waals surface area contributed by atoms with Crippen molar-refractivity contribution in [1.29, 1.82) is 0 Å². The van der Waals surface area contributed by atoms with Crippen molar-refractivity contribution in [3.63, 3.8) is 0 Å². The number of benzene rings is 1. The molecule has 1 aromatic carbocycles. The average Bonchev–Trinajstić information content (AvgIpc) is 3.25. The van der Waals surface area contributed by atoms with Gasteiger partial charge in [-0.2, -0.15) is 0 Å². The molecule has 2 heterocycles. The van der Waals surface area contributed by atoms with Crippen LogP contribution in [0.25, 0.3) is 5.65 Å². The molecule has 0 unspecified atom stereocenters. The lowest BCUT2D eigenvalue weighted by atomic mass is 9.84. The van der Waals surface area contributed by atoms with Gasteiger partial charge in [-0.3, -0.25) is 9.38 Å². The van der Waals surface area contributed by atoms with E-state index in [0.717, 1.165) is 27.8 Å². The minimum absolute atomic E-state index is 0.285. The molecule has 0 N–H and O–H groups in total. The van der Waals surface area contributed by atoms with E-state index in [1.807, 2.05) is 30.6 Å². The molecule has 0 radical (unpaired) electrons. The van der Waals surface area contributed by atoms with Crippen LogP contribution in [0.4, 0.5) is 0 Å². The lowest BCUT2D eigenvalue weighted by Crippen LogP contribution is -2.22. The van der Waals surface area contributed by atoms with E-state index in [2.05, 4.69) is 39.5 Å². The minimum Gasteiger partial charge on any atom is -0.283 e. The van der Waals surface area contributed by atoms with E-state index in [4.69, 9.17) is 11.6 Å². The molecule has 1 saturated carbocycles. The van der Waals surface area contributed by atoms with Gasteiger partial charge in [0.25, 0.3) is 0 Å². The van der Waals surface area contributed by atoms with E-state index in [1.165, 1.54) is 12.8 Å². The van der Waals surface area contributed by atoms with Crippen LogP contribution in [0.2, 0.25) is 5.02 Å². The first-order chi connectivity index (χ1) is 10.6. The fourth-order valence-corrected chi connectivity index (χ4v) is 3.11. The van der Waals surface area contributed by atoms with Crippen LogP contribution in [0.5, 0.6) is 0 Å². The topological polar surface area (TPSA) is 43.1 Å². The summed E-state index contributed by atoms with van der Waals surface area (Å²) in [6.45, 7) is 4.29. The molecule has 5 heteroatoms. The predicted molar refractivity (Wildman–Crippen MR) is 86.3 cm³/mol. The number of fused-ring (bicyclic) bond motifs is 1. The van der Waals surface area contributed by atoms with Crippen molar-refractivity contribution < 1.29 is 0 Å². The summed E-state index contributed by atoms with van der Waals surface area (Å²) in [5.41, 5.74) is 2.80. The van der Waals surface area contributed by atoms with Gasteiger partial charge in [-0.05, 0) is 44.4 Å². The highest BCUT2D eigenvalue weighted by Crippen LogP contribution is 2.41. The average molecular weight is 313 g/mol. The van der Waals surface area contributed by atoms with E-state index in [9.17, 15) is 0 Å². The monoisotopic (exact) mass is 312 g/mol. The van der Waals surface area contributed by atoms with Crippen molar-refractivity contribution in [2.75, 3.05) is 0 Å². The van der Waals surface area contributed by atoms with E-state index in [0.29, 0.717) is 5.92 Å². The molecule has 0 bridgehead atoms. The van der Waals surface area contributed by atoms with Crippen molar-refractivity contribution >= 4 is 17.2 Å². The Morgan fingerprint density at radius 2 is 2.05 bits per heavy atom. The Morgan fingerprint density at radius 3 is 2.77 bits per heavy atom. The molecular formula is C17H17ClN4. The van der Waals surface area contributed by atoms with Crippen LogP contribution in [0.15, 0.2) is 36.7 Å². The molecule has 112 valence electrons. The van der Waals surface area contributed by atoms with Crippen LogP contribution in [-0.2, 0) is 5.41 Å².